The third kappa shape index (κ3) is 2.11. The van der Waals surface area contributed by atoms with Crippen molar-refractivity contribution < 1.29 is 9.59 Å². The summed E-state index contributed by atoms with van der Waals surface area (Å²) in [6.07, 6.45) is 5.39. The number of hydrogen-bond donors (Lipinski definition) is 0. The van der Waals surface area contributed by atoms with E-state index in [1.165, 1.54) is 18.2 Å². The van der Waals surface area contributed by atoms with E-state index in [-0.39, 0.29) is 11.7 Å². The molecule has 0 aliphatic carbocycles. The molecule has 0 radical (unpaired) electrons. The monoisotopic (exact) mass is 270 g/mol. The topological polar surface area (TPSA) is 40.6 Å². The summed E-state index contributed by atoms with van der Waals surface area (Å²) in [6.45, 7) is 3.41. The standard InChI is InChI=1S/C16H18N2O2/c1-12(19)18-14-8-4-3-7-13(14)16(20)15(18)11-17-9-5-2-6-10-17/h3-4,7-8,11H,2,5-6,9-10H2,1H3/b15-11+. The molecule has 1 fully saturated rings. The van der Waals surface area contributed by atoms with Gasteiger partial charge in [-0.15, -0.1) is 0 Å². The van der Waals surface area contributed by atoms with E-state index >= 15 is 0 Å². The van der Waals surface area contributed by atoms with Gasteiger partial charge in [0.2, 0.25) is 11.7 Å². The first-order valence-corrected chi connectivity index (χ1v) is 7.09. The highest BCUT2D eigenvalue weighted by Crippen LogP contribution is 2.34. The lowest BCUT2D eigenvalue weighted by Crippen LogP contribution is -2.31. The van der Waals surface area contributed by atoms with Crippen LogP contribution >= 0.6 is 0 Å². The summed E-state index contributed by atoms with van der Waals surface area (Å²) in [5, 5.41) is 0. The summed E-state index contributed by atoms with van der Waals surface area (Å²) in [5.41, 5.74) is 1.81. The van der Waals surface area contributed by atoms with Crippen molar-refractivity contribution in [3.63, 3.8) is 0 Å². The average molecular weight is 270 g/mol. The number of rotatable bonds is 1. The number of carbonyl (C=O) groups is 2. The van der Waals surface area contributed by atoms with E-state index in [1.54, 1.807) is 6.07 Å². The van der Waals surface area contributed by atoms with Gasteiger partial charge in [-0.2, -0.15) is 0 Å². The van der Waals surface area contributed by atoms with Gasteiger partial charge in [0.05, 0.1) is 5.69 Å². The number of likely N-dealkylation sites (tertiary alicyclic amines) is 1. The lowest BCUT2D eigenvalue weighted by Gasteiger charge is -2.27. The number of para-hydroxylation sites is 1. The molecule has 0 aromatic heterocycles. The number of benzene rings is 1. The van der Waals surface area contributed by atoms with Crippen LogP contribution in [0.5, 0.6) is 0 Å². The second kappa shape index (κ2) is 5.12. The number of Topliss-reactive ketones (excluding diaryl/α,β-unsaturated/α-hetero) is 1. The van der Waals surface area contributed by atoms with E-state index in [9.17, 15) is 9.59 Å². The van der Waals surface area contributed by atoms with Crippen molar-refractivity contribution in [2.24, 2.45) is 0 Å². The Bertz CT molecular complexity index is 586. The van der Waals surface area contributed by atoms with Crippen molar-refractivity contribution in [1.82, 2.24) is 4.90 Å². The summed E-state index contributed by atoms with van der Waals surface area (Å²) in [5.74, 6) is -0.173. The molecule has 3 rings (SSSR count). The van der Waals surface area contributed by atoms with E-state index in [0.29, 0.717) is 16.9 Å². The minimum Gasteiger partial charge on any atom is -0.376 e. The molecule has 1 aromatic carbocycles. The van der Waals surface area contributed by atoms with Crippen LogP contribution in [-0.4, -0.2) is 29.7 Å². The minimum absolute atomic E-state index is 0.0543. The molecular weight excluding hydrogens is 252 g/mol. The van der Waals surface area contributed by atoms with Gasteiger partial charge in [0.1, 0.15) is 5.70 Å². The van der Waals surface area contributed by atoms with Gasteiger partial charge in [-0.3, -0.25) is 14.5 Å². The molecule has 1 saturated heterocycles. The van der Waals surface area contributed by atoms with Gasteiger partial charge in [-0.25, -0.2) is 0 Å². The Kier molecular flexibility index (Phi) is 3.30. The number of ketones is 1. The summed E-state index contributed by atoms with van der Waals surface area (Å²) in [6, 6.07) is 7.29. The van der Waals surface area contributed by atoms with E-state index in [4.69, 9.17) is 0 Å². The first-order valence-electron chi connectivity index (χ1n) is 7.09. The summed E-state index contributed by atoms with van der Waals surface area (Å²) < 4.78 is 0. The Hall–Kier alpha value is -2.10. The maximum Gasteiger partial charge on any atom is 0.228 e. The lowest BCUT2D eigenvalue weighted by atomic mass is 10.1. The van der Waals surface area contributed by atoms with Crippen LogP contribution in [0, 0.1) is 0 Å². The third-order valence-corrected chi connectivity index (χ3v) is 3.87. The fraction of sp³-hybridized carbons (Fsp3) is 0.375. The van der Waals surface area contributed by atoms with Crippen LogP contribution in [0.25, 0.3) is 0 Å². The summed E-state index contributed by atoms with van der Waals surface area (Å²) >= 11 is 0. The predicted molar refractivity (Wildman–Crippen MR) is 77.4 cm³/mol. The van der Waals surface area contributed by atoms with Crippen molar-refractivity contribution in [2.45, 2.75) is 26.2 Å². The second-order valence-corrected chi connectivity index (χ2v) is 5.31. The fourth-order valence-corrected chi connectivity index (χ4v) is 2.91. The molecule has 104 valence electrons. The molecule has 0 saturated carbocycles. The van der Waals surface area contributed by atoms with Crippen LogP contribution in [0.15, 0.2) is 36.2 Å². The number of hydrogen-bond acceptors (Lipinski definition) is 3. The molecule has 2 aliphatic heterocycles. The molecule has 4 nitrogen and oxygen atoms in total. The number of allylic oxidation sites excluding steroid dienone is 1. The predicted octanol–water partition coefficient (Wildman–Crippen LogP) is 2.56. The van der Waals surface area contributed by atoms with Crippen LogP contribution in [0.2, 0.25) is 0 Å². The van der Waals surface area contributed by atoms with Crippen LogP contribution in [0.3, 0.4) is 0 Å². The van der Waals surface area contributed by atoms with E-state index in [2.05, 4.69) is 4.90 Å². The molecule has 1 aromatic rings. The molecule has 0 atom stereocenters. The number of carbonyl (C=O) groups excluding carboxylic acids is 2. The number of nitrogens with zero attached hydrogens (tertiary/aromatic N) is 2. The largest absolute Gasteiger partial charge is 0.376 e. The molecule has 0 unspecified atom stereocenters. The SMILES string of the molecule is CC(=O)N1/C(=C/N2CCCCC2)C(=O)c2ccccc21. The van der Waals surface area contributed by atoms with Crippen LogP contribution in [-0.2, 0) is 4.79 Å². The number of fused-ring (bicyclic) bond motifs is 1. The van der Waals surface area contributed by atoms with Gasteiger partial charge in [0.15, 0.2) is 0 Å². The highest BCUT2D eigenvalue weighted by Gasteiger charge is 2.34. The Balaban J connectivity index is 2.00. The molecule has 4 heteroatoms. The highest BCUT2D eigenvalue weighted by molar-refractivity contribution is 6.24. The third-order valence-electron chi connectivity index (χ3n) is 3.87. The van der Waals surface area contributed by atoms with Gasteiger partial charge < -0.3 is 4.90 Å². The van der Waals surface area contributed by atoms with Gasteiger partial charge in [0, 0.05) is 31.8 Å². The zero-order valence-corrected chi connectivity index (χ0v) is 11.6. The van der Waals surface area contributed by atoms with Crippen molar-refractivity contribution in [2.75, 3.05) is 18.0 Å². The fourth-order valence-electron chi connectivity index (χ4n) is 2.91. The van der Waals surface area contributed by atoms with Gasteiger partial charge >= 0.3 is 0 Å². The number of anilines is 1. The Morgan fingerprint density at radius 2 is 1.85 bits per heavy atom. The molecule has 0 spiro atoms. The van der Waals surface area contributed by atoms with E-state index in [1.807, 2.05) is 24.4 Å². The molecule has 0 N–H and O–H groups in total. The van der Waals surface area contributed by atoms with Crippen molar-refractivity contribution >= 4 is 17.4 Å². The van der Waals surface area contributed by atoms with Crippen molar-refractivity contribution in [1.29, 1.82) is 0 Å². The molecule has 20 heavy (non-hydrogen) atoms. The minimum atomic E-state index is -0.119. The van der Waals surface area contributed by atoms with Gasteiger partial charge in [0.25, 0.3) is 0 Å². The van der Waals surface area contributed by atoms with Gasteiger partial charge in [-0.1, -0.05) is 12.1 Å². The lowest BCUT2D eigenvalue weighted by molar-refractivity contribution is -0.116. The smallest absolute Gasteiger partial charge is 0.228 e. The summed E-state index contributed by atoms with van der Waals surface area (Å²) in [4.78, 5) is 28.1. The normalized spacial score (nSPS) is 20.4. The maximum atomic E-state index is 12.5. The van der Waals surface area contributed by atoms with Crippen molar-refractivity contribution in [3.05, 3.63) is 41.7 Å². The van der Waals surface area contributed by atoms with E-state index in [0.717, 1.165) is 25.9 Å². The van der Waals surface area contributed by atoms with E-state index < -0.39 is 0 Å². The zero-order chi connectivity index (χ0) is 14.1. The quantitative estimate of drug-likeness (QED) is 0.736. The molecule has 0 bridgehead atoms. The van der Waals surface area contributed by atoms with Crippen LogP contribution in [0.4, 0.5) is 5.69 Å². The first kappa shape index (κ1) is 12.9. The highest BCUT2D eigenvalue weighted by atomic mass is 16.2. The number of amides is 1. The zero-order valence-electron chi connectivity index (χ0n) is 11.6. The Morgan fingerprint density at radius 3 is 2.55 bits per heavy atom. The maximum absolute atomic E-state index is 12.5. The molecule has 1 amide bonds. The average Bonchev–Trinajstić information content (AvgIpc) is 2.74. The molecule has 2 aliphatic rings. The molecule has 2 heterocycles. The molecular formula is C16H18N2O2. The summed E-state index contributed by atoms with van der Waals surface area (Å²) in [7, 11) is 0. The van der Waals surface area contributed by atoms with Crippen molar-refractivity contribution in [3.8, 4) is 0 Å². The number of piperidine rings is 1. The Labute approximate surface area is 118 Å². The van der Waals surface area contributed by atoms with Gasteiger partial charge in [-0.05, 0) is 31.4 Å². The second-order valence-electron chi connectivity index (χ2n) is 5.31. The van der Waals surface area contributed by atoms with Crippen LogP contribution in [0.1, 0.15) is 36.5 Å². The Morgan fingerprint density at radius 1 is 1.15 bits per heavy atom. The van der Waals surface area contributed by atoms with Crippen LogP contribution < -0.4 is 4.90 Å². The first-order chi connectivity index (χ1) is 9.68.